The average Bonchev–Trinajstić information content (AvgIpc) is 1.38. The van der Waals surface area contributed by atoms with Gasteiger partial charge in [0, 0.05) is 0 Å². The molecule has 1 atom stereocenters. The number of hydrogen-bond donors (Lipinski definition) is 1. The largest absolute Gasteiger partial charge is 0.749 e. The van der Waals surface area contributed by atoms with E-state index in [9.17, 15) is 0 Å². The molecule has 0 aromatic heterocycles. The second-order valence-electron chi connectivity index (χ2n) is 0.279. The Hall–Kier alpha value is 0.420. The molecule has 0 fully saturated rings. The van der Waals surface area contributed by atoms with Crippen LogP contribution in [-0.2, 0) is 15.0 Å². The van der Waals surface area contributed by atoms with E-state index in [-0.39, 0.29) is 0 Å². The SMILES string of the molecule is O=S([O-])OS. The van der Waals surface area contributed by atoms with E-state index in [0.717, 1.165) is 0 Å². The van der Waals surface area contributed by atoms with Gasteiger partial charge in [-0.2, -0.15) is 0 Å². The standard InChI is InChI=1S/H2O3S2/c1-5(2)3-4/h4H,(H,1,2)/p-1. The lowest BCUT2D eigenvalue weighted by molar-refractivity contribution is 0.467. The second kappa shape index (κ2) is 2.65. The summed E-state index contributed by atoms with van der Waals surface area (Å²) in [7, 11) is 0. The van der Waals surface area contributed by atoms with Crippen molar-refractivity contribution in [2.45, 2.75) is 0 Å². The molecule has 0 aromatic carbocycles. The monoisotopic (exact) mass is 113 g/mol. The van der Waals surface area contributed by atoms with Crippen molar-refractivity contribution in [3.63, 3.8) is 0 Å². The van der Waals surface area contributed by atoms with Gasteiger partial charge in [0.05, 0.1) is 11.4 Å². The fourth-order valence-electron chi connectivity index (χ4n) is 0. The summed E-state index contributed by atoms with van der Waals surface area (Å²) in [6.07, 6.45) is 0. The smallest absolute Gasteiger partial charge is 0.0973 e. The summed E-state index contributed by atoms with van der Waals surface area (Å²) >= 11 is 0.444. The maximum absolute atomic E-state index is 9.07. The molecule has 0 N–H and O–H groups in total. The number of rotatable bonds is 1. The Morgan fingerprint density at radius 1 is 2.00 bits per heavy atom. The summed E-state index contributed by atoms with van der Waals surface area (Å²) in [5.74, 6) is 0. The minimum Gasteiger partial charge on any atom is -0.749 e. The third-order valence-electron chi connectivity index (χ3n) is 0.0609. The maximum atomic E-state index is 9.07. The molecule has 0 aliphatic rings. The molecule has 0 amide bonds. The Labute approximate surface area is 37.4 Å². The fourth-order valence-corrected chi connectivity index (χ4v) is 0. The molecule has 0 aliphatic carbocycles. The normalized spacial score (nSPS) is 14.8. The lowest BCUT2D eigenvalue weighted by atomic mass is 15.8. The first-order chi connectivity index (χ1) is 2.27. The van der Waals surface area contributed by atoms with E-state index in [2.05, 4.69) is 16.5 Å². The molecular weight excluding hydrogens is 112 g/mol. The van der Waals surface area contributed by atoms with Crippen LogP contribution in [0.3, 0.4) is 0 Å². The zero-order chi connectivity index (χ0) is 4.28. The average molecular weight is 113 g/mol. The van der Waals surface area contributed by atoms with Crippen LogP contribution in [0.2, 0.25) is 0 Å². The van der Waals surface area contributed by atoms with Crippen molar-refractivity contribution in [1.29, 1.82) is 0 Å². The molecule has 0 bridgehead atoms. The summed E-state index contributed by atoms with van der Waals surface area (Å²) < 4.78 is 21.5. The Morgan fingerprint density at radius 2 is 2.20 bits per heavy atom. The third-order valence-corrected chi connectivity index (χ3v) is 0.548. The summed E-state index contributed by atoms with van der Waals surface area (Å²) in [5.41, 5.74) is 0. The Bertz CT molecular complexity index is 40.2. The summed E-state index contributed by atoms with van der Waals surface area (Å²) in [4.78, 5) is 0. The van der Waals surface area contributed by atoms with Gasteiger partial charge in [-0.25, -0.2) is 7.84 Å². The minimum atomic E-state index is -2.46. The van der Waals surface area contributed by atoms with Crippen molar-refractivity contribution in [2.75, 3.05) is 0 Å². The molecule has 5 heavy (non-hydrogen) atoms. The van der Waals surface area contributed by atoms with Gasteiger partial charge in [-0.1, -0.05) is 0 Å². The van der Waals surface area contributed by atoms with Crippen molar-refractivity contribution in [3.8, 4) is 0 Å². The number of thiol groups is 1. The molecule has 32 valence electrons. The first-order valence-electron chi connectivity index (χ1n) is 0.683. The Balaban J connectivity index is 2.85. The molecule has 1 unspecified atom stereocenters. The van der Waals surface area contributed by atoms with E-state index < -0.39 is 11.4 Å². The molecular formula is HO3S2-. The van der Waals surface area contributed by atoms with Crippen LogP contribution < -0.4 is 0 Å². The minimum absolute atomic E-state index is 2.46. The van der Waals surface area contributed by atoms with Crippen molar-refractivity contribution in [2.24, 2.45) is 0 Å². The molecule has 0 aromatic rings. The van der Waals surface area contributed by atoms with Crippen LogP contribution in [0.15, 0.2) is 0 Å². The highest BCUT2D eigenvalue weighted by Gasteiger charge is 1.61. The van der Waals surface area contributed by atoms with Gasteiger partial charge < -0.3 is 4.55 Å². The highest BCUT2D eigenvalue weighted by atomic mass is 32.3. The van der Waals surface area contributed by atoms with Crippen LogP contribution in [-0.4, -0.2) is 8.76 Å². The first kappa shape index (κ1) is 5.42. The number of hydrogen-bond acceptors (Lipinski definition) is 4. The molecule has 0 saturated heterocycles. The van der Waals surface area contributed by atoms with Crippen molar-refractivity contribution >= 4 is 24.3 Å². The summed E-state index contributed by atoms with van der Waals surface area (Å²) in [6, 6.07) is 0. The molecule has 0 aliphatic heterocycles. The zero-order valence-electron chi connectivity index (χ0n) is 2.08. The van der Waals surface area contributed by atoms with Gasteiger partial charge in [0.2, 0.25) is 0 Å². The van der Waals surface area contributed by atoms with Crippen molar-refractivity contribution < 1.29 is 12.4 Å². The van der Waals surface area contributed by atoms with Gasteiger partial charge in [0.25, 0.3) is 0 Å². The molecule has 5 heteroatoms. The third kappa shape index (κ3) is 4.42. The van der Waals surface area contributed by atoms with Gasteiger partial charge in [-0.3, -0.25) is 0 Å². The molecule has 0 radical (unpaired) electrons. The predicted molar refractivity (Wildman–Crippen MR) is 19.0 cm³/mol. The fraction of sp³-hybridized carbons (Fsp3) is 0. The van der Waals surface area contributed by atoms with Gasteiger partial charge in [0.1, 0.15) is 0 Å². The van der Waals surface area contributed by atoms with Crippen LogP contribution in [0.25, 0.3) is 0 Å². The van der Waals surface area contributed by atoms with E-state index in [4.69, 9.17) is 8.76 Å². The van der Waals surface area contributed by atoms with Gasteiger partial charge in [-0.15, -0.1) is 0 Å². The second-order valence-corrected chi connectivity index (χ2v) is 1.28. The van der Waals surface area contributed by atoms with Gasteiger partial charge in [0.15, 0.2) is 0 Å². The molecule has 0 saturated carbocycles. The van der Waals surface area contributed by atoms with Crippen LogP contribution in [0, 0.1) is 0 Å². The van der Waals surface area contributed by atoms with E-state index in [1.165, 1.54) is 0 Å². The highest BCUT2D eigenvalue weighted by Crippen LogP contribution is 1.77. The van der Waals surface area contributed by atoms with Crippen molar-refractivity contribution in [1.82, 2.24) is 0 Å². The Morgan fingerprint density at radius 3 is 2.20 bits per heavy atom. The summed E-state index contributed by atoms with van der Waals surface area (Å²) in [5, 5.41) is 0. The van der Waals surface area contributed by atoms with Gasteiger partial charge in [-0.05, 0) is 12.9 Å². The van der Waals surface area contributed by atoms with Crippen LogP contribution in [0.4, 0.5) is 0 Å². The first-order valence-corrected chi connectivity index (χ1v) is 2.05. The topological polar surface area (TPSA) is 49.4 Å². The van der Waals surface area contributed by atoms with Crippen LogP contribution in [0.5, 0.6) is 0 Å². The molecule has 0 rings (SSSR count). The maximum Gasteiger partial charge on any atom is 0.0973 e. The van der Waals surface area contributed by atoms with Crippen LogP contribution >= 0.6 is 12.9 Å². The predicted octanol–water partition coefficient (Wildman–Crippen LogP) is -0.358. The molecule has 3 nitrogen and oxygen atoms in total. The lowest BCUT2D eigenvalue weighted by Crippen LogP contribution is -1.79. The van der Waals surface area contributed by atoms with E-state index in [1.807, 2.05) is 0 Å². The van der Waals surface area contributed by atoms with E-state index >= 15 is 0 Å². The Kier molecular flexibility index (Phi) is 2.87. The lowest BCUT2D eigenvalue weighted by Gasteiger charge is -1.92. The van der Waals surface area contributed by atoms with Gasteiger partial charge >= 0.3 is 0 Å². The van der Waals surface area contributed by atoms with E-state index in [0.29, 0.717) is 0 Å². The summed E-state index contributed by atoms with van der Waals surface area (Å²) in [6.45, 7) is 0. The van der Waals surface area contributed by atoms with Crippen LogP contribution in [0.1, 0.15) is 0 Å². The molecule has 0 spiro atoms. The van der Waals surface area contributed by atoms with E-state index in [1.54, 1.807) is 0 Å². The molecule has 0 heterocycles. The van der Waals surface area contributed by atoms with Crippen molar-refractivity contribution in [3.05, 3.63) is 0 Å². The zero-order valence-corrected chi connectivity index (χ0v) is 3.79. The quantitative estimate of drug-likeness (QED) is 0.287. The highest BCUT2D eigenvalue weighted by molar-refractivity contribution is 7.88.